The third-order valence-corrected chi connectivity index (χ3v) is 5.50. The average molecular weight is 285 g/mol. The van der Waals surface area contributed by atoms with Crippen molar-refractivity contribution in [2.24, 2.45) is 0 Å². The van der Waals surface area contributed by atoms with Crippen molar-refractivity contribution in [2.75, 3.05) is 32.1 Å². The van der Waals surface area contributed by atoms with Gasteiger partial charge in [-0.05, 0) is 20.0 Å². The fraction of sp³-hybridized carbons (Fsp3) is 0.769. The number of nitrogens with one attached hydrogen (secondary N) is 1. The average Bonchev–Trinajstić information content (AvgIpc) is 2.74. The Morgan fingerprint density at radius 1 is 1.50 bits per heavy atom. The fourth-order valence-electron chi connectivity index (χ4n) is 2.21. The standard InChI is InChI=1S/C13H23N3S2/c1-9(2)12-11(7-14-3)18-13(15-12)10-8-17-6-5-16(10)4/h9-10,14H,5-8H2,1-4H3. The molecule has 0 aromatic carbocycles. The van der Waals surface area contributed by atoms with Gasteiger partial charge in [-0.3, -0.25) is 4.90 Å². The molecule has 0 aliphatic carbocycles. The molecule has 18 heavy (non-hydrogen) atoms. The molecule has 3 nitrogen and oxygen atoms in total. The number of thioether (sulfide) groups is 1. The Kier molecular flexibility index (Phi) is 5.06. The van der Waals surface area contributed by atoms with Crippen molar-refractivity contribution in [3.8, 4) is 0 Å². The van der Waals surface area contributed by atoms with E-state index in [0.29, 0.717) is 12.0 Å². The molecule has 0 saturated carbocycles. The van der Waals surface area contributed by atoms with Crippen LogP contribution in [0.25, 0.3) is 0 Å². The topological polar surface area (TPSA) is 28.2 Å². The van der Waals surface area contributed by atoms with E-state index < -0.39 is 0 Å². The molecule has 0 bridgehead atoms. The lowest BCUT2D eigenvalue weighted by molar-refractivity contribution is 0.274. The predicted molar refractivity (Wildman–Crippen MR) is 81.7 cm³/mol. The van der Waals surface area contributed by atoms with Gasteiger partial charge in [-0.15, -0.1) is 11.3 Å². The van der Waals surface area contributed by atoms with Crippen LogP contribution in [0.5, 0.6) is 0 Å². The molecular weight excluding hydrogens is 262 g/mol. The highest BCUT2D eigenvalue weighted by Crippen LogP contribution is 2.34. The summed E-state index contributed by atoms with van der Waals surface area (Å²) in [6.07, 6.45) is 0. The van der Waals surface area contributed by atoms with E-state index in [-0.39, 0.29) is 0 Å². The van der Waals surface area contributed by atoms with Gasteiger partial charge >= 0.3 is 0 Å². The van der Waals surface area contributed by atoms with Crippen LogP contribution in [0.3, 0.4) is 0 Å². The number of hydrogen-bond donors (Lipinski definition) is 1. The summed E-state index contributed by atoms with van der Waals surface area (Å²) in [4.78, 5) is 8.78. The van der Waals surface area contributed by atoms with Crippen LogP contribution in [0.4, 0.5) is 0 Å². The van der Waals surface area contributed by atoms with Gasteiger partial charge in [0.2, 0.25) is 0 Å². The van der Waals surface area contributed by atoms with Crippen LogP contribution in [-0.2, 0) is 6.54 Å². The van der Waals surface area contributed by atoms with Gasteiger partial charge in [0.1, 0.15) is 5.01 Å². The molecule has 1 aromatic heterocycles. The molecule has 1 aliphatic heterocycles. The number of hydrogen-bond acceptors (Lipinski definition) is 5. The van der Waals surface area contributed by atoms with Gasteiger partial charge in [0.25, 0.3) is 0 Å². The minimum absolute atomic E-state index is 0.511. The van der Waals surface area contributed by atoms with E-state index in [1.54, 1.807) is 0 Å². The number of thiazole rings is 1. The monoisotopic (exact) mass is 285 g/mol. The summed E-state index contributed by atoms with van der Waals surface area (Å²) in [6.45, 7) is 6.58. The molecule has 102 valence electrons. The lowest BCUT2D eigenvalue weighted by Crippen LogP contribution is -2.32. The zero-order chi connectivity index (χ0) is 13.1. The quantitative estimate of drug-likeness (QED) is 0.921. The van der Waals surface area contributed by atoms with Crippen molar-refractivity contribution in [3.05, 3.63) is 15.6 Å². The Morgan fingerprint density at radius 2 is 2.28 bits per heavy atom. The second-order valence-electron chi connectivity index (χ2n) is 5.12. The zero-order valence-corrected chi connectivity index (χ0v) is 13.3. The molecule has 0 radical (unpaired) electrons. The lowest BCUT2D eigenvalue weighted by atomic mass is 10.1. The minimum atomic E-state index is 0.511. The van der Waals surface area contributed by atoms with Crippen LogP contribution >= 0.6 is 23.1 Å². The first kappa shape index (κ1) is 14.3. The Morgan fingerprint density at radius 3 is 2.89 bits per heavy atom. The van der Waals surface area contributed by atoms with Gasteiger partial charge in [0.15, 0.2) is 0 Å². The summed E-state index contributed by atoms with van der Waals surface area (Å²) in [5, 5.41) is 4.56. The van der Waals surface area contributed by atoms with E-state index in [0.717, 1.165) is 6.54 Å². The molecule has 0 spiro atoms. The highest BCUT2D eigenvalue weighted by atomic mass is 32.2. The molecule has 1 fully saturated rings. The molecule has 2 rings (SSSR count). The molecule has 2 heterocycles. The van der Waals surface area contributed by atoms with Gasteiger partial charge in [-0.1, -0.05) is 13.8 Å². The summed E-state index contributed by atoms with van der Waals surface area (Å²) in [6, 6.07) is 0.511. The molecule has 0 amide bonds. The van der Waals surface area contributed by atoms with Crippen LogP contribution in [0.15, 0.2) is 0 Å². The molecule has 5 heteroatoms. The first-order valence-corrected chi connectivity index (χ1v) is 8.52. The fourth-order valence-corrected chi connectivity index (χ4v) is 4.93. The molecule has 1 N–H and O–H groups in total. The zero-order valence-electron chi connectivity index (χ0n) is 11.7. The highest BCUT2D eigenvalue weighted by Gasteiger charge is 2.26. The van der Waals surface area contributed by atoms with Crippen LogP contribution in [-0.4, -0.2) is 42.0 Å². The van der Waals surface area contributed by atoms with Crippen LogP contribution in [0.2, 0.25) is 0 Å². The normalized spacial score (nSPS) is 21.7. The van der Waals surface area contributed by atoms with Crippen molar-refractivity contribution in [2.45, 2.75) is 32.4 Å². The summed E-state index contributed by atoms with van der Waals surface area (Å²) in [5.41, 5.74) is 1.29. The van der Waals surface area contributed by atoms with E-state index in [1.807, 2.05) is 30.1 Å². The van der Waals surface area contributed by atoms with Crippen molar-refractivity contribution in [3.63, 3.8) is 0 Å². The van der Waals surface area contributed by atoms with Crippen LogP contribution < -0.4 is 5.32 Å². The van der Waals surface area contributed by atoms with Gasteiger partial charge in [-0.2, -0.15) is 11.8 Å². The summed E-state index contributed by atoms with van der Waals surface area (Å²) < 4.78 is 0. The largest absolute Gasteiger partial charge is 0.315 e. The second-order valence-corrected chi connectivity index (χ2v) is 7.38. The molecule has 1 aliphatic rings. The third-order valence-electron chi connectivity index (χ3n) is 3.31. The number of nitrogens with zero attached hydrogens (tertiary/aromatic N) is 2. The maximum Gasteiger partial charge on any atom is 0.111 e. The SMILES string of the molecule is CNCc1sc(C2CSCCN2C)nc1C(C)C. The van der Waals surface area contributed by atoms with Gasteiger partial charge in [0, 0.05) is 29.5 Å². The smallest absolute Gasteiger partial charge is 0.111 e. The Balaban J connectivity index is 2.24. The number of rotatable bonds is 4. The summed E-state index contributed by atoms with van der Waals surface area (Å²) in [5.74, 6) is 2.94. The first-order chi connectivity index (χ1) is 8.63. The van der Waals surface area contributed by atoms with Crippen LogP contribution in [0, 0.1) is 0 Å². The van der Waals surface area contributed by atoms with Gasteiger partial charge in [-0.25, -0.2) is 4.98 Å². The Labute approximate surface area is 118 Å². The van der Waals surface area contributed by atoms with Crippen molar-refractivity contribution < 1.29 is 0 Å². The van der Waals surface area contributed by atoms with Gasteiger partial charge < -0.3 is 5.32 Å². The van der Waals surface area contributed by atoms with Gasteiger partial charge in [0.05, 0.1) is 11.7 Å². The third kappa shape index (κ3) is 3.07. The molecular formula is C13H23N3S2. The summed E-state index contributed by atoms with van der Waals surface area (Å²) in [7, 11) is 4.23. The maximum absolute atomic E-state index is 4.93. The molecule has 1 saturated heterocycles. The van der Waals surface area contributed by atoms with E-state index in [1.165, 1.54) is 33.6 Å². The second kappa shape index (κ2) is 6.37. The Bertz CT molecular complexity index is 390. The molecule has 1 unspecified atom stereocenters. The highest BCUT2D eigenvalue weighted by molar-refractivity contribution is 7.99. The molecule has 1 atom stereocenters. The predicted octanol–water partition coefficient (Wildman–Crippen LogP) is 2.71. The van der Waals surface area contributed by atoms with E-state index in [9.17, 15) is 0 Å². The molecule has 1 aromatic rings. The first-order valence-electron chi connectivity index (χ1n) is 6.55. The van der Waals surface area contributed by atoms with E-state index in [4.69, 9.17) is 4.98 Å². The van der Waals surface area contributed by atoms with E-state index in [2.05, 4.69) is 31.1 Å². The van der Waals surface area contributed by atoms with Crippen molar-refractivity contribution in [1.29, 1.82) is 0 Å². The lowest BCUT2D eigenvalue weighted by Gasteiger charge is -2.30. The summed E-state index contributed by atoms with van der Waals surface area (Å²) >= 11 is 3.94. The maximum atomic E-state index is 4.93. The van der Waals surface area contributed by atoms with Crippen molar-refractivity contribution >= 4 is 23.1 Å². The number of aromatic nitrogens is 1. The van der Waals surface area contributed by atoms with Crippen LogP contribution in [0.1, 0.15) is 41.4 Å². The van der Waals surface area contributed by atoms with E-state index >= 15 is 0 Å². The Hall–Kier alpha value is -0.100. The van der Waals surface area contributed by atoms with Crippen molar-refractivity contribution in [1.82, 2.24) is 15.2 Å². The minimum Gasteiger partial charge on any atom is -0.315 e.